The molecule has 0 radical (unpaired) electrons. The predicted molar refractivity (Wildman–Crippen MR) is 84.4 cm³/mol. The van der Waals surface area contributed by atoms with Gasteiger partial charge in [-0.2, -0.15) is 0 Å². The highest BCUT2D eigenvalue weighted by molar-refractivity contribution is 6.35. The monoisotopic (exact) mass is 395 g/mol. The lowest BCUT2D eigenvalue weighted by molar-refractivity contribution is -0.233. The minimum absolute atomic E-state index is 0.179. The second-order valence-electron chi connectivity index (χ2n) is 5.22. The normalized spacial score (nSPS) is 29.1. The summed E-state index contributed by atoms with van der Waals surface area (Å²) in [6.45, 7) is -0.523. The third kappa shape index (κ3) is 4.72. The van der Waals surface area contributed by atoms with E-state index in [0.717, 1.165) is 0 Å². The highest BCUT2D eigenvalue weighted by atomic mass is 35.5. The fourth-order valence-electron chi connectivity index (χ4n) is 2.14. The number of carboxylic acid groups (broad SMARTS) is 1. The van der Waals surface area contributed by atoms with Crippen molar-refractivity contribution in [1.29, 1.82) is 0 Å². The standard InChI is InChI=1S/C14H15Cl2NO8/c15-5-1-2-7(6(16)3-5)24-4-8(18)17-13-11(21)9(19)10(20)12(25-13)14(22)23/h1-3,9-13,19-21H,4H2,(H,17,18)(H,22,23)/t9?,10-,11?,12?,13+/m0/s1. The molecule has 1 aromatic rings. The van der Waals surface area contributed by atoms with E-state index in [2.05, 4.69) is 5.32 Å². The van der Waals surface area contributed by atoms with Gasteiger partial charge in [0.25, 0.3) is 5.91 Å². The van der Waals surface area contributed by atoms with E-state index in [0.29, 0.717) is 5.02 Å². The number of benzene rings is 1. The van der Waals surface area contributed by atoms with E-state index in [-0.39, 0.29) is 10.8 Å². The SMILES string of the molecule is O=C(COc1ccc(Cl)cc1Cl)N[C@@H]1OC(C(=O)O)[C@@H](O)C(O)C1O. The summed E-state index contributed by atoms with van der Waals surface area (Å²) in [5, 5.41) is 40.7. The lowest BCUT2D eigenvalue weighted by atomic mass is 9.98. The molecule has 1 fully saturated rings. The molecule has 0 bridgehead atoms. The molecule has 1 heterocycles. The van der Waals surface area contributed by atoms with Crippen molar-refractivity contribution in [2.75, 3.05) is 6.61 Å². The van der Waals surface area contributed by atoms with Crippen LogP contribution in [0.25, 0.3) is 0 Å². The van der Waals surface area contributed by atoms with Crippen LogP contribution in [0, 0.1) is 0 Å². The molecule has 1 amide bonds. The van der Waals surface area contributed by atoms with Crippen LogP contribution in [0.15, 0.2) is 18.2 Å². The molecule has 11 heteroatoms. The van der Waals surface area contributed by atoms with Gasteiger partial charge >= 0.3 is 5.97 Å². The van der Waals surface area contributed by atoms with Crippen molar-refractivity contribution in [1.82, 2.24) is 5.32 Å². The Kier molecular flexibility index (Phi) is 6.44. The van der Waals surface area contributed by atoms with Crippen LogP contribution in [0.4, 0.5) is 0 Å². The van der Waals surface area contributed by atoms with Crippen molar-refractivity contribution in [3.05, 3.63) is 28.2 Å². The predicted octanol–water partition coefficient (Wildman–Crippen LogP) is -0.619. The molecule has 1 aliphatic rings. The number of hydrogen-bond acceptors (Lipinski definition) is 7. The highest BCUT2D eigenvalue weighted by Gasteiger charge is 2.47. The maximum atomic E-state index is 11.9. The minimum atomic E-state index is -1.84. The number of aliphatic carboxylic acids is 1. The molecular formula is C14H15Cl2NO8. The van der Waals surface area contributed by atoms with Gasteiger partial charge in [0.05, 0.1) is 5.02 Å². The molecule has 0 spiro atoms. The van der Waals surface area contributed by atoms with Gasteiger partial charge in [0.1, 0.15) is 24.1 Å². The number of amides is 1. The largest absolute Gasteiger partial charge is 0.482 e. The molecule has 5 N–H and O–H groups in total. The zero-order valence-electron chi connectivity index (χ0n) is 12.5. The topological polar surface area (TPSA) is 146 Å². The Morgan fingerprint density at radius 3 is 2.44 bits per heavy atom. The van der Waals surface area contributed by atoms with Crippen LogP contribution in [0.3, 0.4) is 0 Å². The fraction of sp³-hybridized carbons (Fsp3) is 0.429. The first-order valence-electron chi connectivity index (χ1n) is 7.00. The van der Waals surface area contributed by atoms with E-state index in [9.17, 15) is 24.9 Å². The molecule has 25 heavy (non-hydrogen) atoms. The lowest BCUT2D eigenvalue weighted by Gasteiger charge is -2.38. The molecule has 138 valence electrons. The zero-order chi connectivity index (χ0) is 18.7. The third-order valence-corrected chi connectivity index (χ3v) is 3.94. The molecule has 0 saturated carbocycles. The first kappa shape index (κ1) is 19.7. The molecule has 0 aliphatic carbocycles. The quantitative estimate of drug-likeness (QED) is 0.443. The van der Waals surface area contributed by atoms with Gasteiger partial charge in [-0.3, -0.25) is 4.79 Å². The van der Waals surface area contributed by atoms with Gasteiger partial charge in [-0.15, -0.1) is 0 Å². The number of carboxylic acids is 1. The average molecular weight is 396 g/mol. The first-order valence-corrected chi connectivity index (χ1v) is 7.76. The molecule has 3 unspecified atom stereocenters. The number of hydrogen-bond donors (Lipinski definition) is 5. The van der Waals surface area contributed by atoms with Crippen molar-refractivity contribution >= 4 is 35.1 Å². The molecule has 1 saturated heterocycles. The Labute approximate surface area is 151 Å². The number of ether oxygens (including phenoxy) is 2. The van der Waals surface area contributed by atoms with Crippen molar-refractivity contribution in [3.8, 4) is 5.75 Å². The van der Waals surface area contributed by atoms with Gasteiger partial charge in [0.15, 0.2) is 18.9 Å². The number of carbonyl (C=O) groups excluding carboxylic acids is 1. The Bertz CT molecular complexity index is 658. The fourth-order valence-corrected chi connectivity index (χ4v) is 2.60. The van der Waals surface area contributed by atoms with Crippen LogP contribution in [-0.4, -0.2) is 69.6 Å². The van der Waals surface area contributed by atoms with Crippen LogP contribution in [0.1, 0.15) is 0 Å². The summed E-state index contributed by atoms with van der Waals surface area (Å²) >= 11 is 11.6. The highest BCUT2D eigenvalue weighted by Crippen LogP contribution is 2.27. The number of halogens is 2. The molecule has 0 aromatic heterocycles. The van der Waals surface area contributed by atoms with Gasteiger partial charge in [0.2, 0.25) is 0 Å². The third-order valence-electron chi connectivity index (χ3n) is 3.41. The number of aliphatic hydroxyl groups excluding tert-OH is 3. The average Bonchev–Trinajstić information content (AvgIpc) is 2.54. The van der Waals surface area contributed by atoms with Gasteiger partial charge in [-0.25, -0.2) is 4.79 Å². The molecule has 1 aliphatic heterocycles. The van der Waals surface area contributed by atoms with Crippen molar-refractivity contribution < 1.29 is 39.5 Å². The van der Waals surface area contributed by atoms with Crippen LogP contribution in [0.5, 0.6) is 5.75 Å². The zero-order valence-corrected chi connectivity index (χ0v) is 14.0. The summed E-state index contributed by atoms with van der Waals surface area (Å²) in [7, 11) is 0. The van der Waals surface area contributed by atoms with E-state index in [1.165, 1.54) is 18.2 Å². The Balaban J connectivity index is 1.95. The summed E-state index contributed by atoms with van der Waals surface area (Å²) in [5.41, 5.74) is 0. The van der Waals surface area contributed by atoms with Crippen LogP contribution in [-0.2, 0) is 14.3 Å². The Morgan fingerprint density at radius 1 is 1.16 bits per heavy atom. The Morgan fingerprint density at radius 2 is 1.84 bits per heavy atom. The van der Waals surface area contributed by atoms with E-state index < -0.39 is 49.1 Å². The van der Waals surface area contributed by atoms with Crippen LogP contribution < -0.4 is 10.1 Å². The number of aliphatic hydroxyl groups is 3. The van der Waals surface area contributed by atoms with Crippen molar-refractivity contribution in [2.24, 2.45) is 0 Å². The van der Waals surface area contributed by atoms with Gasteiger partial charge < -0.3 is 35.2 Å². The minimum Gasteiger partial charge on any atom is -0.482 e. The van der Waals surface area contributed by atoms with E-state index in [1.807, 2.05) is 0 Å². The maximum absolute atomic E-state index is 11.9. The molecule has 9 nitrogen and oxygen atoms in total. The van der Waals surface area contributed by atoms with Crippen molar-refractivity contribution in [2.45, 2.75) is 30.6 Å². The summed E-state index contributed by atoms with van der Waals surface area (Å²) < 4.78 is 10.1. The number of carbonyl (C=O) groups is 2. The maximum Gasteiger partial charge on any atom is 0.335 e. The van der Waals surface area contributed by atoms with E-state index in [4.69, 9.17) is 37.8 Å². The van der Waals surface area contributed by atoms with E-state index in [1.54, 1.807) is 0 Å². The number of rotatable bonds is 5. The molecule has 5 atom stereocenters. The number of nitrogens with one attached hydrogen (secondary N) is 1. The summed E-state index contributed by atoms with van der Waals surface area (Å²) in [4.78, 5) is 22.9. The molecule has 1 aromatic carbocycles. The van der Waals surface area contributed by atoms with Crippen molar-refractivity contribution in [3.63, 3.8) is 0 Å². The van der Waals surface area contributed by atoms with Gasteiger partial charge in [-0.05, 0) is 18.2 Å². The lowest BCUT2D eigenvalue weighted by Crippen LogP contribution is -2.64. The van der Waals surface area contributed by atoms with Gasteiger partial charge in [-0.1, -0.05) is 23.2 Å². The second kappa shape index (κ2) is 8.17. The van der Waals surface area contributed by atoms with Gasteiger partial charge in [0, 0.05) is 5.02 Å². The molecule has 2 rings (SSSR count). The summed E-state index contributed by atoms with van der Waals surface area (Å²) in [6.07, 6.45) is -8.74. The summed E-state index contributed by atoms with van der Waals surface area (Å²) in [5.74, 6) is -2.14. The first-order chi connectivity index (χ1) is 11.7. The summed E-state index contributed by atoms with van der Waals surface area (Å²) in [6, 6.07) is 4.37. The van der Waals surface area contributed by atoms with Crippen LogP contribution in [0.2, 0.25) is 10.0 Å². The molecular weight excluding hydrogens is 381 g/mol. The smallest absolute Gasteiger partial charge is 0.335 e. The van der Waals surface area contributed by atoms with E-state index >= 15 is 0 Å². The van der Waals surface area contributed by atoms with Crippen LogP contribution >= 0.6 is 23.2 Å². The second-order valence-corrected chi connectivity index (χ2v) is 6.06. The Hall–Kier alpha value is -1.62.